The van der Waals surface area contributed by atoms with Crippen LogP contribution in [0, 0.1) is 11.3 Å². The number of para-hydroxylation sites is 2. The van der Waals surface area contributed by atoms with Crippen molar-refractivity contribution in [1.82, 2.24) is 15.6 Å². The van der Waals surface area contributed by atoms with Crippen LogP contribution in [-0.4, -0.2) is 48.3 Å². The number of imide groups is 2. The fourth-order valence-corrected chi connectivity index (χ4v) is 3.52. The van der Waals surface area contributed by atoms with Crippen molar-refractivity contribution in [2.75, 3.05) is 19.1 Å². The maximum Gasteiger partial charge on any atom is 0.437 e. The zero-order valence-corrected chi connectivity index (χ0v) is 23.0. The molecule has 3 aromatic carbocycles. The molecule has 42 heavy (non-hydrogen) atoms. The van der Waals surface area contributed by atoms with Gasteiger partial charge in [-0.3, -0.25) is 20.3 Å². The SMILES string of the molecule is CC1(c2ccc(Oc3ccccc3)cc2)OC(=O)N(Nc2ccccc2)C1=O.CCNC(=O)NC(=O)/C(C#N)=N/OC. The van der Waals surface area contributed by atoms with Crippen LogP contribution in [0.4, 0.5) is 15.3 Å². The molecule has 0 bridgehead atoms. The summed E-state index contributed by atoms with van der Waals surface area (Å²) in [5, 5.41) is 16.6. The van der Waals surface area contributed by atoms with Gasteiger partial charge in [-0.2, -0.15) is 5.26 Å². The van der Waals surface area contributed by atoms with Crippen molar-refractivity contribution in [3.05, 3.63) is 90.5 Å². The lowest BCUT2D eigenvalue weighted by Gasteiger charge is -2.21. The number of nitriles is 1. The molecule has 3 N–H and O–H groups in total. The minimum Gasteiger partial charge on any atom is -0.457 e. The summed E-state index contributed by atoms with van der Waals surface area (Å²) in [5.74, 6) is -0.0592. The number of nitrogens with one attached hydrogen (secondary N) is 3. The smallest absolute Gasteiger partial charge is 0.437 e. The fourth-order valence-electron chi connectivity index (χ4n) is 3.52. The quantitative estimate of drug-likeness (QED) is 0.266. The van der Waals surface area contributed by atoms with Crippen LogP contribution in [0.15, 0.2) is 90.1 Å². The van der Waals surface area contributed by atoms with Crippen LogP contribution >= 0.6 is 0 Å². The van der Waals surface area contributed by atoms with E-state index in [1.165, 1.54) is 13.2 Å². The molecule has 1 aliphatic rings. The molecule has 4 rings (SSSR count). The summed E-state index contributed by atoms with van der Waals surface area (Å²) in [7, 11) is 1.19. The Labute approximate surface area is 241 Å². The normalized spacial score (nSPS) is 15.8. The second kappa shape index (κ2) is 14.5. The molecular formula is C29H28N6O7. The number of carbonyl (C=O) groups excluding carboxylic acids is 4. The molecule has 1 aliphatic heterocycles. The summed E-state index contributed by atoms with van der Waals surface area (Å²) in [6.07, 6.45) is -0.749. The number of nitrogens with zero attached hydrogens (tertiary/aromatic N) is 3. The maximum atomic E-state index is 12.9. The molecule has 13 heteroatoms. The van der Waals surface area contributed by atoms with Crippen LogP contribution < -0.4 is 20.8 Å². The summed E-state index contributed by atoms with van der Waals surface area (Å²) >= 11 is 0. The van der Waals surface area contributed by atoms with Gasteiger partial charge in [-0.05, 0) is 50.2 Å². The molecule has 1 fully saturated rings. The topological polar surface area (TPSA) is 171 Å². The molecule has 0 saturated carbocycles. The van der Waals surface area contributed by atoms with Gasteiger partial charge < -0.3 is 19.6 Å². The largest absolute Gasteiger partial charge is 0.457 e. The Kier molecular flexibility index (Phi) is 10.6. The number of cyclic esters (lactones) is 1. The molecule has 1 atom stereocenters. The highest BCUT2D eigenvalue weighted by molar-refractivity contribution is 6.46. The number of rotatable bonds is 8. The first-order valence-corrected chi connectivity index (χ1v) is 12.5. The van der Waals surface area contributed by atoms with Gasteiger partial charge in [0.05, 0.1) is 5.69 Å². The first kappa shape index (κ1) is 30.6. The molecule has 3 aromatic rings. The van der Waals surface area contributed by atoms with E-state index in [-0.39, 0.29) is 0 Å². The molecule has 13 nitrogen and oxygen atoms in total. The van der Waals surface area contributed by atoms with Gasteiger partial charge in [-0.15, -0.1) is 5.01 Å². The van der Waals surface area contributed by atoms with Crippen molar-refractivity contribution in [3.8, 4) is 17.6 Å². The molecule has 0 spiro atoms. The Morgan fingerprint density at radius 1 is 0.976 bits per heavy atom. The number of oxime groups is 1. The van der Waals surface area contributed by atoms with E-state index in [0.717, 1.165) is 5.01 Å². The zero-order chi connectivity index (χ0) is 30.5. The number of hydrazine groups is 1. The highest BCUT2D eigenvalue weighted by atomic mass is 16.6. The van der Waals surface area contributed by atoms with Gasteiger partial charge in [0.1, 0.15) is 24.7 Å². The molecule has 0 radical (unpaired) electrons. The molecule has 1 unspecified atom stereocenters. The Morgan fingerprint density at radius 3 is 2.14 bits per heavy atom. The van der Waals surface area contributed by atoms with E-state index in [1.807, 2.05) is 41.7 Å². The molecular weight excluding hydrogens is 544 g/mol. The van der Waals surface area contributed by atoms with Gasteiger partial charge in [0.25, 0.3) is 11.8 Å². The monoisotopic (exact) mass is 572 g/mol. The summed E-state index contributed by atoms with van der Waals surface area (Å²) in [4.78, 5) is 51.3. The number of anilines is 1. The van der Waals surface area contributed by atoms with Crippen molar-refractivity contribution in [3.63, 3.8) is 0 Å². The van der Waals surface area contributed by atoms with Crippen LogP contribution in [0.3, 0.4) is 0 Å². The number of carbonyl (C=O) groups is 4. The van der Waals surface area contributed by atoms with E-state index < -0.39 is 35.3 Å². The number of benzene rings is 3. The molecule has 0 aromatic heterocycles. The average molecular weight is 573 g/mol. The van der Waals surface area contributed by atoms with E-state index in [4.69, 9.17) is 14.7 Å². The Morgan fingerprint density at radius 2 is 1.57 bits per heavy atom. The predicted molar refractivity (Wildman–Crippen MR) is 151 cm³/mol. The highest BCUT2D eigenvalue weighted by Gasteiger charge is 2.52. The Hall–Kier alpha value is -5.90. The van der Waals surface area contributed by atoms with Crippen LogP contribution in [-0.2, 0) is 24.8 Å². The number of amides is 5. The van der Waals surface area contributed by atoms with E-state index in [0.29, 0.717) is 29.3 Å². The molecule has 1 heterocycles. The molecule has 0 aliphatic carbocycles. The number of ether oxygens (including phenoxy) is 2. The second-order valence-electron chi connectivity index (χ2n) is 8.51. The van der Waals surface area contributed by atoms with E-state index in [9.17, 15) is 19.2 Å². The van der Waals surface area contributed by atoms with Gasteiger partial charge in [0.15, 0.2) is 0 Å². The van der Waals surface area contributed by atoms with Crippen LogP contribution in [0.5, 0.6) is 11.5 Å². The van der Waals surface area contributed by atoms with Crippen LogP contribution in [0.1, 0.15) is 19.4 Å². The van der Waals surface area contributed by atoms with Gasteiger partial charge in [-0.25, -0.2) is 9.59 Å². The van der Waals surface area contributed by atoms with Crippen molar-refractivity contribution in [2.24, 2.45) is 5.16 Å². The Balaban J connectivity index is 0.000000295. The lowest BCUT2D eigenvalue weighted by atomic mass is 9.95. The van der Waals surface area contributed by atoms with Crippen molar-refractivity contribution in [1.29, 1.82) is 5.26 Å². The Bertz CT molecular complexity index is 1470. The van der Waals surface area contributed by atoms with Crippen molar-refractivity contribution < 1.29 is 33.5 Å². The lowest BCUT2D eigenvalue weighted by molar-refractivity contribution is -0.135. The first-order valence-electron chi connectivity index (χ1n) is 12.5. The third-order valence-electron chi connectivity index (χ3n) is 5.55. The van der Waals surface area contributed by atoms with Crippen molar-refractivity contribution >= 4 is 35.3 Å². The number of hydrogen-bond donors (Lipinski definition) is 3. The maximum absolute atomic E-state index is 12.9. The third-order valence-corrected chi connectivity index (χ3v) is 5.55. The van der Waals surface area contributed by atoms with E-state index in [2.05, 4.69) is 20.7 Å². The van der Waals surface area contributed by atoms with Crippen LogP contribution in [0.25, 0.3) is 0 Å². The third kappa shape index (κ3) is 7.82. The highest BCUT2D eigenvalue weighted by Crippen LogP contribution is 2.35. The number of hydrogen-bond acceptors (Lipinski definition) is 10. The summed E-state index contributed by atoms with van der Waals surface area (Å²) in [5.41, 5.74) is 2.04. The summed E-state index contributed by atoms with van der Waals surface area (Å²) in [6, 6.07) is 26.1. The fraction of sp³-hybridized carbons (Fsp3) is 0.172. The van der Waals surface area contributed by atoms with E-state index in [1.54, 1.807) is 62.4 Å². The molecule has 1 saturated heterocycles. The van der Waals surface area contributed by atoms with Gasteiger partial charge in [0.2, 0.25) is 11.3 Å². The van der Waals surface area contributed by atoms with Gasteiger partial charge >= 0.3 is 12.1 Å². The van der Waals surface area contributed by atoms with Gasteiger partial charge in [-0.1, -0.05) is 53.7 Å². The second-order valence-corrected chi connectivity index (χ2v) is 8.51. The zero-order valence-electron chi connectivity index (χ0n) is 23.0. The van der Waals surface area contributed by atoms with Crippen LogP contribution in [0.2, 0.25) is 0 Å². The van der Waals surface area contributed by atoms with E-state index >= 15 is 0 Å². The summed E-state index contributed by atoms with van der Waals surface area (Å²) in [6.45, 7) is 3.65. The minimum absolute atomic E-state index is 0.377. The lowest BCUT2D eigenvalue weighted by Crippen LogP contribution is -2.42. The van der Waals surface area contributed by atoms with Crippen molar-refractivity contribution in [2.45, 2.75) is 19.4 Å². The average Bonchev–Trinajstić information content (AvgIpc) is 3.21. The molecule has 216 valence electrons. The number of urea groups is 1. The standard InChI is InChI=1S/C22H18N2O4.C7H10N4O3/c1-22(16-12-14-19(15-13-16)27-18-10-6-3-7-11-18)20(25)24(21(26)28-22)23-17-8-4-2-5-9-17;1-3-9-7(13)10-6(12)5(4-8)11-14-2/h2-15,23H,1H3;3H2,1-2H3,(H2,9,10,12,13)/b;11-5+. The first-order chi connectivity index (χ1) is 20.2. The molecule has 5 amide bonds. The summed E-state index contributed by atoms with van der Waals surface area (Å²) < 4.78 is 11.2. The predicted octanol–water partition coefficient (Wildman–Crippen LogP) is 4.06. The van der Waals surface area contributed by atoms with Gasteiger partial charge in [0, 0.05) is 12.1 Å². The minimum atomic E-state index is -1.41.